The minimum atomic E-state index is -0.367. The smallest absolute Gasteiger partial charge is 0.269 e. The fourth-order valence-corrected chi connectivity index (χ4v) is 1.85. The van der Waals surface area contributed by atoms with Gasteiger partial charge in [-0.1, -0.05) is 25.5 Å². The molecule has 96 valence electrons. The third-order valence-corrected chi connectivity index (χ3v) is 2.72. The summed E-state index contributed by atoms with van der Waals surface area (Å²) in [5.74, 6) is 2.58. The Morgan fingerprint density at radius 3 is 2.94 bits per heavy atom. The standard InChI is InChI=1S/C14H18N2O2/c1-3-5-10-15-14(7-4-2)12-8-6-9-13(11-12)16(17)18/h1,6,8-9,11,14-15H,4-5,7,10H2,2H3. The Morgan fingerprint density at radius 1 is 1.56 bits per heavy atom. The Morgan fingerprint density at radius 2 is 2.33 bits per heavy atom. The lowest BCUT2D eigenvalue weighted by atomic mass is 10.0. The van der Waals surface area contributed by atoms with Crippen LogP contribution in [0.5, 0.6) is 0 Å². The van der Waals surface area contributed by atoms with E-state index in [4.69, 9.17) is 6.42 Å². The van der Waals surface area contributed by atoms with Crippen molar-refractivity contribution in [3.63, 3.8) is 0 Å². The molecular formula is C14H18N2O2. The zero-order chi connectivity index (χ0) is 13.4. The van der Waals surface area contributed by atoms with E-state index in [-0.39, 0.29) is 16.7 Å². The highest BCUT2D eigenvalue weighted by atomic mass is 16.6. The van der Waals surface area contributed by atoms with Crippen LogP contribution in [0.3, 0.4) is 0 Å². The minimum absolute atomic E-state index is 0.128. The Bertz CT molecular complexity index is 438. The third-order valence-electron chi connectivity index (χ3n) is 2.72. The Labute approximate surface area is 108 Å². The van der Waals surface area contributed by atoms with Crippen LogP contribution < -0.4 is 5.32 Å². The van der Waals surface area contributed by atoms with Gasteiger partial charge in [0.25, 0.3) is 5.69 Å². The maximum Gasteiger partial charge on any atom is 0.269 e. The van der Waals surface area contributed by atoms with E-state index in [0.29, 0.717) is 6.42 Å². The Balaban J connectivity index is 2.81. The second kappa shape index (κ2) is 7.46. The lowest BCUT2D eigenvalue weighted by Crippen LogP contribution is -2.22. The summed E-state index contributed by atoms with van der Waals surface area (Å²) < 4.78 is 0. The number of hydrogen-bond donors (Lipinski definition) is 1. The summed E-state index contributed by atoms with van der Waals surface area (Å²) in [7, 11) is 0. The van der Waals surface area contributed by atoms with E-state index in [1.165, 1.54) is 6.07 Å². The molecule has 1 aromatic rings. The molecule has 4 heteroatoms. The molecule has 0 aliphatic heterocycles. The molecule has 0 radical (unpaired) electrons. The van der Waals surface area contributed by atoms with E-state index < -0.39 is 0 Å². The van der Waals surface area contributed by atoms with Gasteiger partial charge in [-0.2, -0.15) is 0 Å². The number of terminal acetylenes is 1. The molecule has 1 unspecified atom stereocenters. The molecule has 1 aromatic carbocycles. The maximum atomic E-state index is 10.8. The van der Waals surface area contributed by atoms with Gasteiger partial charge in [0.2, 0.25) is 0 Å². The van der Waals surface area contributed by atoms with Crippen LogP contribution >= 0.6 is 0 Å². The van der Waals surface area contributed by atoms with E-state index in [2.05, 4.69) is 18.2 Å². The van der Waals surface area contributed by atoms with E-state index in [0.717, 1.165) is 24.9 Å². The van der Waals surface area contributed by atoms with Crippen LogP contribution in [-0.4, -0.2) is 11.5 Å². The van der Waals surface area contributed by atoms with Gasteiger partial charge in [0.05, 0.1) is 4.92 Å². The number of nitrogens with zero attached hydrogens (tertiary/aromatic N) is 1. The van der Waals surface area contributed by atoms with Crippen molar-refractivity contribution in [3.05, 3.63) is 39.9 Å². The molecule has 0 saturated carbocycles. The summed E-state index contributed by atoms with van der Waals surface area (Å²) in [6.07, 6.45) is 7.82. The quantitative estimate of drug-likeness (QED) is 0.348. The first kappa shape index (κ1) is 14.2. The van der Waals surface area contributed by atoms with E-state index in [1.807, 2.05) is 6.07 Å². The van der Waals surface area contributed by atoms with Crippen molar-refractivity contribution in [1.82, 2.24) is 5.32 Å². The topological polar surface area (TPSA) is 55.2 Å². The zero-order valence-electron chi connectivity index (χ0n) is 10.6. The van der Waals surface area contributed by atoms with Crippen LogP contribution in [0.2, 0.25) is 0 Å². The predicted molar refractivity (Wildman–Crippen MR) is 72.2 cm³/mol. The van der Waals surface area contributed by atoms with Gasteiger partial charge in [-0.15, -0.1) is 12.3 Å². The minimum Gasteiger partial charge on any atom is -0.309 e. The third kappa shape index (κ3) is 4.19. The second-order valence-electron chi connectivity index (χ2n) is 4.10. The average Bonchev–Trinajstić information content (AvgIpc) is 2.38. The van der Waals surface area contributed by atoms with Gasteiger partial charge >= 0.3 is 0 Å². The monoisotopic (exact) mass is 246 g/mol. The molecule has 0 spiro atoms. The molecule has 0 aliphatic rings. The molecular weight excluding hydrogens is 228 g/mol. The number of benzene rings is 1. The molecule has 0 aliphatic carbocycles. The van der Waals surface area contributed by atoms with Gasteiger partial charge < -0.3 is 5.32 Å². The van der Waals surface area contributed by atoms with Crippen molar-refractivity contribution in [2.45, 2.75) is 32.2 Å². The zero-order valence-corrected chi connectivity index (χ0v) is 10.6. The fourth-order valence-electron chi connectivity index (χ4n) is 1.85. The molecule has 0 fully saturated rings. The summed E-state index contributed by atoms with van der Waals surface area (Å²) >= 11 is 0. The fraction of sp³-hybridized carbons (Fsp3) is 0.429. The van der Waals surface area contributed by atoms with Crippen molar-refractivity contribution in [1.29, 1.82) is 0 Å². The van der Waals surface area contributed by atoms with Gasteiger partial charge in [0.1, 0.15) is 0 Å². The lowest BCUT2D eigenvalue weighted by Gasteiger charge is -2.17. The van der Waals surface area contributed by atoms with Crippen molar-refractivity contribution in [3.8, 4) is 12.3 Å². The molecule has 0 heterocycles. The molecule has 0 bridgehead atoms. The molecule has 0 amide bonds. The van der Waals surface area contributed by atoms with Crippen LogP contribution in [0.25, 0.3) is 0 Å². The summed E-state index contributed by atoms with van der Waals surface area (Å²) in [5.41, 5.74) is 1.08. The summed E-state index contributed by atoms with van der Waals surface area (Å²) in [6.45, 7) is 2.82. The van der Waals surface area contributed by atoms with E-state index >= 15 is 0 Å². The van der Waals surface area contributed by atoms with Crippen LogP contribution in [0.1, 0.15) is 37.8 Å². The molecule has 4 nitrogen and oxygen atoms in total. The van der Waals surface area contributed by atoms with E-state index in [1.54, 1.807) is 12.1 Å². The number of nitrogens with one attached hydrogen (secondary N) is 1. The largest absolute Gasteiger partial charge is 0.309 e. The first-order valence-electron chi connectivity index (χ1n) is 6.10. The van der Waals surface area contributed by atoms with Crippen LogP contribution in [0.15, 0.2) is 24.3 Å². The maximum absolute atomic E-state index is 10.8. The van der Waals surface area contributed by atoms with Crippen molar-refractivity contribution in [2.24, 2.45) is 0 Å². The summed E-state index contributed by atoms with van der Waals surface area (Å²) in [5, 5.41) is 14.1. The molecule has 0 aromatic heterocycles. The second-order valence-corrected chi connectivity index (χ2v) is 4.10. The SMILES string of the molecule is C#CCCNC(CCC)c1cccc([N+](=O)[O-])c1. The number of rotatable bonds is 7. The van der Waals surface area contributed by atoms with E-state index in [9.17, 15) is 10.1 Å². The first-order valence-corrected chi connectivity index (χ1v) is 6.10. The number of nitro groups is 1. The Kier molecular flexibility index (Phi) is 5.89. The van der Waals surface area contributed by atoms with Crippen LogP contribution in [-0.2, 0) is 0 Å². The average molecular weight is 246 g/mol. The summed E-state index contributed by atoms with van der Waals surface area (Å²) in [4.78, 5) is 10.4. The number of nitro benzene ring substituents is 1. The molecule has 18 heavy (non-hydrogen) atoms. The van der Waals surface area contributed by atoms with Crippen molar-refractivity contribution < 1.29 is 4.92 Å². The van der Waals surface area contributed by atoms with Gasteiger partial charge in [0.15, 0.2) is 0 Å². The number of non-ortho nitro benzene ring substituents is 1. The molecule has 1 atom stereocenters. The number of hydrogen-bond acceptors (Lipinski definition) is 3. The highest BCUT2D eigenvalue weighted by molar-refractivity contribution is 5.35. The first-order chi connectivity index (χ1) is 8.69. The summed E-state index contributed by atoms with van der Waals surface area (Å²) in [6, 6.07) is 6.90. The molecule has 1 rings (SSSR count). The van der Waals surface area contributed by atoms with Gasteiger partial charge in [-0.05, 0) is 12.0 Å². The van der Waals surface area contributed by atoms with Crippen molar-refractivity contribution >= 4 is 5.69 Å². The van der Waals surface area contributed by atoms with Gasteiger partial charge in [-0.3, -0.25) is 10.1 Å². The highest BCUT2D eigenvalue weighted by Crippen LogP contribution is 2.22. The van der Waals surface area contributed by atoms with Gasteiger partial charge in [0, 0.05) is 31.1 Å². The lowest BCUT2D eigenvalue weighted by molar-refractivity contribution is -0.384. The van der Waals surface area contributed by atoms with Gasteiger partial charge in [-0.25, -0.2) is 0 Å². The predicted octanol–water partition coefficient (Wildman–Crippen LogP) is 3.05. The normalized spacial score (nSPS) is 11.8. The van der Waals surface area contributed by atoms with Crippen LogP contribution in [0.4, 0.5) is 5.69 Å². The van der Waals surface area contributed by atoms with Crippen molar-refractivity contribution in [2.75, 3.05) is 6.54 Å². The molecule has 0 saturated heterocycles. The van der Waals surface area contributed by atoms with Crippen LogP contribution in [0, 0.1) is 22.5 Å². The highest BCUT2D eigenvalue weighted by Gasteiger charge is 2.13. The molecule has 1 N–H and O–H groups in total. The Hall–Kier alpha value is -1.86.